The fourth-order valence-electron chi connectivity index (χ4n) is 2.37. The quantitative estimate of drug-likeness (QED) is 0.533. The number of hydrogen-bond donors (Lipinski definition) is 2. The first kappa shape index (κ1) is 22.4. The molecule has 2 aromatic heterocycles. The van der Waals surface area contributed by atoms with Gasteiger partial charge >= 0.3 is 6.18 Å². The highest BCUT2D eigenvalue weighted by molar-refractivity contribution is 7.91. The van der Waals surface area contributed by atoms with Crippen LogP contribution in [0.4, 0.5) is 13.2 Å². The second-order valence-electron chi connectivity index (χ2n) is 6.03. The number of alkyl halides is 3. The SMILES string of the molecule is NS(=O)(=O)c1ccc(CCNS(=O)(=O)c2ccc(-c3cc(C(F)(F)F)on3)s2)cc1. The predicted octanol–water partition coefficient (Wildman–Crippen LogP) is 2.59. The van der Waals surface area contributed by atoms with Crippen LogP contribution in [0.25, 0.3) is 10.6 Å². The van der Waals surface area contributed by atoms with E-state index in [-0.39, 0.29) is 32.6 Å². The minimum absolute atomic E-state index is 0.0203. The lowest BCUT2D eigenvalue weighted by Crippen LogP contribution is -2.25. The molecule has 0 aliphatic carbocycles. The van der Waals surface area contributed by atoms with Gasteiger partial charge in [0.2, 0.25) is 25.8 Å². The molecule has 0 aliphatic heterocycles. The van der Waals surface area contributed by atoms with Crippen LogP contribution in [0.15, 0.2) is 56.1 Å². The zero-order valence-electron chi connectivity index (χ0n) is 14.9. The van der Waals surface area contributed by atoms with Crippen molar-refractivity contribution in [3.63, 3.8) is 0 Å². The van der Waals surface area contributed by atoms with Crippen LogP contribution >= 0.6 is 11.3 Å². The van der Waals surface area contributed by atoms with Gasteiger partial charge in [-0.05, 0) is 36.2 Å². The smallest absolute Gasteiger partial charge is 0.351 e. The lowest BCUT2D eigenvalue weighted by molar-refractivity contribution is -0.155. The molecule has 8 nitrogen and oxygen atoms in total. The third kappa shape index (κ3) is 5.26. The van der Waals surface area contributed by atoms with Gasteiger partial charge in [-0.2, -0.15) is 13.2 Å². The molecular weight excluding hydrogens is 467 g/mol. The van der Waals surface area contributed by atoms with E-state index < -0.39 is 32.0 Å². The number of nitrogens with one attached hydrogen (secondary N) is 1. The number of sulfonamides is 2. The van der Waals surface area contributed by atoms with Crippen molar-refractivity contribution in [2.75, 3.05) is 6.54 Å². The van der Waals surface area contributed by atoms with Gasteiger partial charge in [0.25, 0.3) is 0 Å². The van der Waals surface area contributed by atoms with Gasteiger partial charge in [0.1, 0.15) is 9.90 Å². The van der Waals surface area contributed by atoms with Crippen LogP contribution in [0.5, 0.6) is 0 Å². The fraction of sp³-hybridized carbons (Fsp3) is 0.188. The van der Waals surface area contributed by atoms with Crippen LogP contribution in [0, 0.1) is 0 Å². The number of halogens is 3. The highest BCUT2D eigenvalue weighted by Crippen LogP contribution is 2.35. The van der Waals surface area contributed by atoms with Crippen LogP contribution < -0.4 is 9.86 Å². The zero-order chi connectivity index (χ0) is 22.2. The van der Waals surface area contributed by atoms with Crippen molar-refractivity contribution in [3.05, 3.63) is 53.8 Å². The largest absolute Gasteiger partial charge is 0.452 e. The number of aromatic nitrogens is 1. The molecule has 3 aromatic rings. The van der Waals surface area contributed by atoms with Crippen LogP contribution in [0.2, 0.25) is 0 Å². The van der Waals surface area contributed by atoms with Crippen molar-refractivity contribution in [1.29, 1.82) is 0 Å². The van der Waals surface area contributed by atoms with E-state index in [1.165, 1.54) is 36.4 Å². The van der Waals surface area contributed by atoms with E-state index in [4.69, 9.17) is 5.14 Å². The van der Waals surface area contributed by atoms with E-state index >= 15 is 0 Å². The van der Waals surface area contributed by atoms with Gasteiger partial charge in [0, 0.05) is 12.6 Å². The molecule has 162 valence electrons. The number of primary sulfonamides is 1. The van der Waals surface area contributed by atoms with Gasteiger partial charge < -0.3 is 4.52 Å². The maximum Gasteiger partial charge on any atom is 0.452 e. The summed E-state index contributed by atoms with van der Waals surface area (Å²) in [6.07, 6.45) is -4.41. The maximum atomic E-state index is 12.6. The summed E-state index contributed by atoms with van der Waals surface area (Å²) in [5.41, 5.74) is 0.558. The van der Waals surface area contributed by atoms with Gasteiger partial charge in [-0.3, -0.25) is 0 Å². The standard InChI is InChI=1S/C16H14F3N3O5S3/c17-16(18,19)14-9-12(22-27-14)13-5-6-15(28-13)30(25,26)21-8-7-10-1-3-11(4-2-10)29(20,23)24/h1-6,9,21H,7-8H2,(H2,20,23,24). The molecule has 2 heterocycles. The minimum atomic E-state index is -4.69. The van der Waals surface area contributed by atoms with E-state index in [1.54, 1.807) is 0 Å². The summed E-state index contributed by atoms with van der Waals surface area (Å²) < 4.78 is 91.6. The lowest BCUT2D eigenvalue weighted by Gasteiger charge is -2.05. The van der Waals surface area contributed by atoms with Gasteiger partial charge in [-0.1, -0.05) is 17.3 Å². The molecule has 0 fully saturated rings. The second kappa shape index (κ2) is 8.11. The normalized spacial score (nSPS) is 12.9. The summed E-state index contributed by atoms with van der Waals surface area (Å²) in [5.74, 6) is -1.28. The van der Waals surface area contributed by atoms with Crippen molar-refractivity contribution in [2.24, 2.45) is 5.14 Å². The monoisotopic (exact) mass is 481 g/mol. The summed E-state index contributed by atoms with van der Waals surface area (Å²) in [6, 6.07) is 8.95. The Bertz CT molecular complexity index is 1250. The molecule has 0 saturated heterocycles. The first-order valence-electron chi connectivity index (χ1n) is 8.12. The number of hydrogen-bond acceptors (Lipinski definition) is 7. The molecule has 3 N–H and O–H groups in total. The molecular formula is C16H14F3N3O5S3. The van der Waals surface area contributed by atoms with E-state index in [2.05, 4.69) is 14.4 Å². The Kier molecular flexibility index (Phi) is 6.06. The van der Waals surface area contributed by atoms with Crippen LogP contribution in [-0.2, 0) is 32.6 Å². The van der Waals surface area contributed by atoms with Crippen LogP contribution in [0.3, 0.4) is 0 Å². The topological polar surface area (TPSA) is 132 Å². The molecule has 0 amide bonds. The summed E-state index contributed by atoms with van der Waals surface area (Å²) in [6.45, 7) is 0.0203. The van der Waals surface area contributed by atoms with Crippen LogP contribution in [0.1, 0.15) is 11.3 Å². The molecule has 0 spiro atoms. The third-order valence-electron chi connectivity index (χ3n) is 3.85. The molecule has 0 saturated carbocycles. The summed E-state index contributed by atoms with van der Waals surface area (Å²) in [4.78, 5) is 0.146. The Labute approximate surface area is 173 Å². The van der Waals surface area contributed by atoms with Gasteiger partial charge in [0.05, 0.1) is 9.77 Å². The fourth-order valence-corrected chi connectivity index (χ4v) is 5.22. The number of nitrogens with zero attached hydrogens (tertiary/aromatic N) is 1. The van der Waals surface area contributed by atoms with E-state index in [1.807, 2.05) is 0 Å². The Morgan fingerprint density at radius 1 is 1.07 bits per heavy atom. The molecule has 0 atom stereocenters. The highest BCUT2D eigenvalue weighted by atomic mass is 32.2. The number of benzene rings is 1. The molecule has 1 aromatic carbocycles. The number of thiophene rings is 1. The predicted molar refractivity (Wildman–Crippen MR) is 102 cm³/mol. The van der Waals surface area contributed by atoms with Gasteiger partial charge in [0.15, 0.2) is 0 Å². The molecule has 3 rings (SSSR count). The van der Waals surface area contributed by atoms with Crippen molar-refractivity contribution in [2.45, 2.75) is 21.7 Å². The average Bonchev–Trinajstić information content (AvgIpc) is 3.30. The third-order valence-corrected chi connectivity index (χ3v) is 7.84. The second-order valence-corrected chi connectivity index (χ2v) is 10.7. The zero-order valence-corrected chi connectivity index (χ0v) is 17.3. The van der Waals surface area contributed by atoms with Crippen LogP contribution in [-0.4, -0.2) is 28.5 Å². The van der Waals surface area contributed by atoms with Crippen molar-refractivity contribution in [1.82, 2.24) is 9.88 Å². The first-order valence-corrected chi connectivity index (χ1v) is 12.0. The van der Waals surface area contributed by atoms with Crippen molar-refractivity contribution in [3.8, 4) is 10.6 Å². The van der Waals surface area contributed by atoms with E-state index in [0.717, 1.165) is 11.3 Å². The van der Waals surface area contributed by atoms with E-state index in [0.29, 0.717) is 11.6 Å². The number of rotatable bonds is 7. The summed E-state index contributed by atoms with van der Waals surface area (Å²) >= 11 is 0.747. The first-order chi connectivity index (χ1) is 13.9. The van der Waals surface area contributed by atoms with Crippen molar-refractivity contribution >= 4 is 31.4 Å². The average molecular weight is 481 g/mol. The van der Waals surface area contributed by atoms with Crippen molar-refractivity contribution < 1.29 is 34.5 Å². The molecule has 0 aliphatic rings. The molecule has 0 unspecified atom stereocenters. The Morgan fingerprint density at radius 2 is 1.73 bits per heavy atom. The Morgan fingerprint density at radius 3 is 2.30 bits per heavy atom. The minimum Gasteiger partial charge on any atom is -0.351 e. The lowest BCUT2D eigenvalue weighted by atomic mass is 10.2. The molecule has 0 radical (unpaired) electrons. The maximum absolute atomic E-state index is 12.6. The highest BCUT2D eigenvalue weighted by Gasteiger charge is 2.36. The molecule has 14 heteroatoms. The molecule has 0 bridgehead atoms. The Hall–Kier alpha value is -2.26. The Balaban J connectivity index is 1.64. The summed E-state index contributed by atoms with van der Waals surface area (Å²) in [7, 11) is -7.71. The van der Waals surface area contributed by atoms with Gasteiger partial charge in [-0.25, -0.2) is 26.7 Å². The van der Waals surface area contributed by atoms with E-state index in [9.17, 15) is 30.0 Å². The summed E-state index contributed by atoms with van der Waals surface area (Å²) in [5, 5.41) is 8.33. The van der Waals surface area contributed by atoms with Gasteiger partial charge in [-0.15, -0.1) is 11.3 Å². The number of nitrogens with two attached hydrogens (primary N) is 1. The molecule has 30 heavy (non-hydrogen) atoms.